The Hall–Kier alpha value is -3.49. The highest BCUT2D eigenvalue weighted by Crippen LogP contribution is 2.56. The van der Waals surface area contributed by atoms with Gasteiger partial charge in [0, 0.05) is 26.7 Å². The summed E-state index contributed by atoms with van der Waals surface area (Å²) in [6.45, 7) is 1.90. The molecule has 1 saturated carbocycles. The van der Waals surface area contributed by atoms with Crippen molar-refractivity contribution in [1.82, 2.24) is 34.8 Å². The zero-order valence-electron chi connectivity index (χ0n) is 18.1. The molecule has 3 aromatic rings. The largest absolute Gasteiger partial charge is 0.347 e. The molecule has 1 N–H and O–H groups in total. The quantitative estimate of drug-likeness (QED) is 0.665. The summed E-state index contributed by atoms with van der Waals surface area (Å²) in [5.41, 5.74) is 2.12. The summed E-state index contributed by atoms with van der Waals surface area (Å²) in [4.78, 5) is 31.3. The molecule has 5 rings (SSSR count). The van der Waals surface area contributed by atoms with Crippen molar-refractivity contribution in [3.63, 3.8) is 0 Å². The molecule has 1 aromatic carbocycles. The highest BCUT2D eigenvalue weighted by atomic mass is 16.2. The number of likely N-dealkylation sites (tertiary alicyclic amines) is 1. The molecule has 2 aromatic heterocycles. The van der Waals surface area contributed by atoms with Crippen LogP contribution in [0.5, 0.6) is 0 Å². The number of rotatable bonds is 5. The molecule has 1 aliphatic carbocycles. The number of nitrogens with one attached hydrogen (secondary N) is 1. The molecule has 2 amide bonds. The monoisotopic (exact) mass is 433 g/mol. The number of piperidine rings is 1. The number of carbonyl (C=O) groups is 2. The van der Waals surface area contributed by atoms with Crippen molar-refractivity contribution in [2.24, 2.45) is 12.5 Å². The van der Waals surface area contributed by atoms with Crippen molar-refractivity contribution >= 4 is 11.8 Å². The molecule has 9 nitrogen and oxygen atoms in total. The fraction of sp³-hybridized carbons (Fsp3) is 0.435. The number of benzene rings is 1. The first kappa shape index (κ1) is 20.4. The fourth-order valence-electron chi connectivity index (χ4n) is 4.96. The lowest BCUT2D eigenvalue weighted by molar-refractivity contribution is -0.0270. The molecule has 1 atom stereocenters. The standard InChI is InChI=1S/C23H27N7O2/c1-28-16-24-14-19(28)22(32)29-11-9-23(10-12-29)8-7-20(23)30-15-18(26-27-30)21(31)25-13-17-5-3-2-4-6-17/h2-6,14-16,20H,7-13H2,1H3,(H,25,31). The van der Waals surface area contributed by atoms with E-state index in [-0.39, 0.29) is 23.3 Å². The fourth-order valence-corrected chi connectivity index (χ4v) is 4.96. The van der Waals surface area contributed by atoms with Crippen molar-refractivity contribution in [2.75, 3.05) is 13.1 Å². The Kier molecular flexibility index (Phi) is 5.24. The van der Waals surface area contributed by atoms with Gasteiger partial charge in [-0.05, 0) is 36.7 Å². The van der Waals surface area contributed by atoms with Crippen LogP contribution in [0.2, 0.25) is 0 Å². The Bertz CT molecular complexity index is 1110. The van der Waals surface area contributed by atoms with Crippen LogP contribution in [0, 0.1) is 5.41 Å². The maximum atomic E-state index is 12.8. The van der Waals surface area contributed by atoms with E-state index in [1.807, 2.05) is 47.0 Å². The van der Waals surface area contributed by atoms with Gasteiger partial charge in [-0.2, -0.15) is 0 Å². The maximum Gasteiger partial charge on any atom is 0.273 e. The Balaban J connectivity index is 1.20. The minimum absolute atomic E-state index is 0.0360. The smallest absolute Gasteiger partial charge is 0.273 e. The van der Waals surface area contributed by atoms with Crippen molar-refractivity contribution in [1.29, 1.82) is 0 Å². The molecule has 1 unspecified atom stereocenters. The van der Waals surface area contributed by atoms with Crippen LogP contribution in [0.3, 0.4) is 0 Å². The molecule has 3 heterocycles. The molecule has 1 saturated heterocycles. The van der Waals surface area contributed by atoms with Crippen LogP contribution < -0.4 is 5.32 Å². The summed E-state index contributed by atoms with van der Waals surface area (Å²) in [7, 11) is 1.84. The Morgan fingerprint density at radius 2 is 1.94 bits per heavy atom. The summed E-state index contributed by atoms with van der Waals surface area (Å²) < 4.78 is 3.62. The van der Waals surface area contributed by atoms with Gasteiger partial charge in [-0.3, -0.25) is 9.59 Å². The average molecular weight is 434 g/mol. The van der Waals surface area contributed by atoms with E-state index in [1.165, 1.54) is 0 Å². The molecule has 0 bridgehead atoms. The predicted molar refractivity (Wildman–Crippen MR) is 117 cm³/mol. The number of nitrogens with zero attached hydrogens (tertiary/aromatic N) is 6. The number of carbonyl (C=O) groups excluding carboxylic acids is 2. The molecule has 32 heavy (non-hydrogen) atoms. The van der Waals surface area contributed by atoms with E-state index in [9.17, 15) is 9.59 Å². The van der Waals surface area contributed by atoms with Crippen molar-refractivity contribution < 1.29 is 9.59 Å². The Labute approximate surface area is 186 Å². The first-order valence-electron chi connectivity index (χ1n) is 11.1. The number of aromatic nitrogens is 5. The van der Waals surface area contributed by atoms with Gasteiger partial charge in [0.2, 0.25) is 0 Å². The third-order valence-corrected chi connectivity index (χ3v) is 7.06. The first-order valence-corrected chi connectivity index (χ1v) is 11.1. The third-order valence-electron chi connectivity index (χ3n) is 7.06. The van der Waals surface area contributed by atoms with Gasteiger partial charge >= 0.3 is 0 Å². The van der Waals surface area contributed by atoms with Crippen LogP contribution in [-0.4, -0.2) is 54.3 Å². The summed E-state index contributed by atoms with van der Waals surface area (Å²) >= 11 is 0. The highest BCUT2D eigenvalue weighted by Gasteiger charge is 2.50. The van der Waals surface area contributed by atoms with Crippen LogP contribution in [0.1, 0.15) is 58.3 Å². The van der Waals surface area contributed by atoms with E-state index in [2.05, 4.69) is 20.6 Å². The van der Waals surface area contributed by atoms with Gasteiger partial charge in [0.1, 0.15) is 5.69 Å². The lowest BCUT2D eigenvalue weighted by atomic mass is 9.59. The lowest BCUT2D eigenvalue weighted by Crippen LogP contribution is -2.51. The number of amides is 2. The SMILES string of the molecule is Cn1cncc1C(=O)N1CCC2(CCC2n2cc(C(=O)NCc3ccccc3)nn2)CC1. The molecular formula is C23H27N7O2. The van der Waals surface area contributed by atoms with Gasteiger partial charge in [-0.1, -0.05) is 35.5 Å². The minimum Gasteiger partial charge on any atom is -0.347 e. The summed E-state index contributed by atoms with van der Waals surface area (Å²) in [6, 6.07) is 10.0. The normalized spacial score (nSPS) is 19.5. The second kappa shape index (κ2) is 8.22. The molecule has 166 valence electrons. The van der Waals surface area contributed by atoms with Crippen LogP contribution in [0.15, 0.2) is 49.1 Å². The molecule has 2 fully saturated rings. The van der Waals surface area contributed by atoms with Crippen LogP contribution in [0.25, 0.3) is 0 Å². The van der Waals surface area contributed by atoms with Crippen LogP contribution >= 0.6 is 0 Å². The van der Waals surface area contributed by atoms with Crippen LogP contribution in [0.4, 0.5) is 0 Å². The van der Waals surface area contributed by atoms with Crippen molar-refractivity contribution in [2.45, 2.75) is 38.3 Å². The van der Waals surface area contributed by atoms with Gasteiger partial charge in [-0.25, -0.2) is 9.67 Å². The Morgan fingerprint density at radius 1 is 1.16 bits per heavy atom. The number of hydrogen-bond donors (Lipinski definition) is 1. The van der Waals surface area contributed by atoms with E-state index < -0.39 is 0 Å². The Morgan fingerprint density at radius 3 is 2.59 bits per heavy atom. The van der Waals surface area contributed by atoms with E-state index in [0.29, 0.717) is 17.9 Å². The number of imidazole rings is 1. The van der Waals surface area contributed by atoms with Crippen molar-refractivity contribution in [3.05, 3.63) is 66.0 Å². The van der Waals surface area contributed by atoms with Gasteiger partial charge in [0.05, 0.1) is 24.8 Å². The molecule has 0 radical (unpaired) electrons. The highest BCUT2D eigenvalue weighted by molar-refractivity contribution is 5.92. The van der Waals surface area contributed by atoms with Crippen molar-refractivity contribution in [3.8, 4) is 0 Å². The summed E-state index contributed by atoms with van der Waals surface area (Å²) in [5.74, 6) is -0.182. The minimum atomic E-state index is -0.218. The molecule has 1 aliphatic heterocycles. The molecule has 2 aliphatic rings. The lowest BCUT2D eigenvalue weighted by Gasteiger charge is -2.53. The van der Waals surface area contributed by atoms with Crippen LogP contribution in [-0.2, 0) is 13.6 Å². The topological polar surface area (TPSA) is 97.9 Å². The molecule has 9 heteroatoms. The average Bonchev–Trinajstić information content (AvgIpc) is 3.46. The molecular weight excluding hydrogens is 406 g/mol. The van der Waals surface area contributed by atoms with E-state index in [1.54, 1.807) is 23.3 Å². The third kappa shape index (κ3) is 3.68. The summed E-state index contributed by atoms with van der Waals surface area (Å²) in [6.07, 6.45) is 9.02. The summed E-state index contributed by atoms with van der Waals surface area (Å²) in [5, 5.41) is 11.3. The molecule has 1 spiro atoms. The second-order valence-corrected chi connectivity index (χ2v) is 8.85. The van der Waals surface area contributed by atoms with E-state index in [4.69, 9.17) is 0 Å². The van der Waals surface area contributed by atoms with Gasteiger partial charge < -0.3 is 14.8 Å². The predicted octanol–water partition coefficient (Wildman–Crippen LogP) is 2.20. The number of hydrogen-bond acceptors (Lipinski definition) is 5. The van der Waals surface area contributed by atoms with Gasteiger partial charge in [-0.15, -0.1) is 5.10 Å². The zero-order valence-corrected chi connectivity index (χ0v) is 18.1. The van der Waals surface area contributed by atoms with Gasteiger partial charge in [0.15, 0.2) is 5.69 Å². The van der Waals surface area contributed by atoms with E-state index in [0.717, 1.165) is 44.3 Å². The van der Waals surface area contributed by atoms with Gasteiger partial charge in [0.25, 0.3) is 11.8 Å². The number of aryl methyl sites for hydroxylation is 1. The first-order chi connectivity index (χ1) is 15.6. The maximum absolute atomic E-state index is 12.8. The zero-order chi connectivity index (χ0) is 22.1. The van der Waals surface area contributed by atoms with E-state index >= 15 is 0 Å². The second-order valence-electron chi connectivity index (χ2n) is 8.85.